The number of carbonyl (C=O) groups excluding carboxylic acids is 1. The van der Waals surface area contributed by atoms with Crippen molar-refractivity contribution >= 4 is 21.9 Å². The highest BCUT2D eigenvalue weighted by Crippen LogP contribution is 2.59. The van der Waals surface area contributed by atoms with Crippen LogP contribution in [0.3, 0.4) is 0 Å². The van der Waals surface area contributed by atoms with Crippen molar-refractivity contribution in [3.8, 4) is 0 Å². The fourth-order valence-corrected chi connectivity index (χ4v) is 4.00. The van der Waals surface area contributed by atoms with Gasteiger partial charge in [0.05, 0.1) is 30.9 Å². The maximum absolute atomic E-state index is 12.1. The van der Waals surface area contributed by atoms with E-state index in [4.69, 9.17) is 9.84 Å². The van der Waals surface area contributed by atoms with Crippen molar-refractivity contribution in [3.63, 3.8) is 0 Å². The van der Waals surface area contributed by atoms with Crippen LogP contribution in [0.25, 0.3) is 0 Å². The molecule has 1 atom stereocenters. The first-order chi connectivity index (χ1) is 11.2. The zero-order chi connectivity index (χ0) is 18.0. The van der Waals surface area contributed by atoms with Gasteiger partial charge in [0, 0.05) is 13.1 Å². The van der Waals surface area contributed by atoms with Gasteiger partial charge in [-0.3, -0.25) is 9.59 Å². The SMILES string of the molecule is CC(C)OCCS(=O)(=O)NCC(=O)N1CCC2(CC1)CC2C(=O)O. The lowest BCUT2D eigenvalue weighted by molar-refractivity contribution is -0.139. The van der Waals surface area contributed by atoms with Gasteiger partial charge in [-0.1, -0.05) is 0 Å². The molecule has 1 unspecified atom stereocenters. The van der Waals surface area contributed by atoms with Crippen molar-refractivity contribution in [2.24, 2.45) is 11.3 Å². The Balaban J connectivity index is 1.71. The van der Waals surface area contributed by atoms with E-state index >= 15 is 0 Å². The smallest absolute Gasteiger partial charge is 0.307 e. The molecule has 1 heterocycles. The summed E-state index contributed by atoms with van der Waals surface area (Å²) in [6, 6.07) is 0. The Bertz CT molecular complexity index is 581. The molecule has 0 bridgehead atoms. The minimum atomic E-state index is -3.54. The largest absolute Gasteiger partial charge is 0.481 e. The molecule has 1 amide bonds. The second kappa shape index (κ2) is 7.37. The molecule has 1 spiro atoms. The molecule has 2 fully saturated rings. The van der Waals surface area contributed by atoms with Gasteiger partial charge in [0.2, 0.25) is 15.9 Å². The second-order valence-corrected chi connectivity index (χ2v) is 8.82. The van der Waals surface area contributed by atoms with Gasteiger partial charge in [0.25, 0.3) is 0 Å². The van der Waals surface area contributed by atoms with E-state index in [1.54, 1.807) is 4.90 Å². The van der Waals surface area contributed by atoms with Crippen molar-refractivity contribution in [1.29, 1.82) is 0 Å². The minimum absolute atomic E-state index is 0.0421. The molecule has 1 aliphatic carbocycles. The van der Waals surface area contributed by atoms with Gasteiger partial charge in [0.1, 0.15) is 0 Å². The molecule has 0 radical (unpaired) electrons. The number of hydrogen-bond acceptors (Lipinski definition) is 5. The first-order valence-electron chi connectivity index (χ1n) is 8.25. The van der Waals surface area contributed by atoms with Crippen molar-refractivity contribution < 1.29 is 27.9 Å². The Morgan fingerprint density at radius 3 is 2.46 bits per heavy atom. The first-order valence-corrected chi connectivity index (χ1v) is 9.90. The number of carbonyl (C=O) groups is 2. The molecule has 8 nitrogen and oxygen atoms in total. The summed E-state index contributed by atoms with van der Waals surface area (Å²) < 4.78 is 31.1. The number of nitrogens with zero attached hydrogens (tertiary/aromatic N) is 1. The zero-order valence-corrected chi connectivity index (χ0v) is 15.0. The van der Waals surface area contributed by atoms with Crippen LogP contribution < -0.4 is 4.72 Å². The lowest BCUT2D eigenvalue weighted by Crippen LogP contribution is -2.45. The van der Waals surface area contributed by atoms with Crippen LogP contribution in [0.2, 0.25) is 0 Å². The number of aliphatic carboxylic acids is 1. The topological polar surface area (TPSA) is 113 Å². The van der Waals surface area contributed by atoms with E-state index in [2.05, 4.69) is 4.72 Å². The summed E-state index contributed by atoms with van der Waals surface area (Å²) in [5.41, 5.74) is -0.143. The second-order valence-electron chi connectivity index (χ2n) is 6.90. The van der Waals surface area contributed by atoms with E-state index in [0.717, 1.165) is 0 Å². The van der Waals surface area contributed by atoms with Crippen molar-refractivity contribution in [3.05, 3.63) is 0 Å². The van der Waals surface area contributed by atoms with E-state index in [0.29, 0.717) is 32.4 Å². The number of nitrogens with one attached hydrogen (secondary N) is 1. The molecule has 0 aromatic carbocycles. The number of ether oxygens (including phenoxy) is 1. The summed E-state index contributed by atoms with van der Waals surface area (Å²) >= 11 is 0. The zero-order valence-electron chi connectivity index (χ0n) is 14.2. The Labute approximate surface area is 142 Å². The highest BCUT2D eigenvalue weighted by molar-refractivity contribution is 7.89. The van der Waals surface area contributed by atoms with E-state index in [1.807, 2.05) is 13.8 Å². The molecule has 138 valence electrons. The number of amides is 1. The Kier molecular flexibility index (Phi) is 5.87. The lowest BCUT2D eigenvalue weighted by atomic mass is 9.91. The van der Waals surface area contributed by atoms with E-state index in [1.165, 1.54) is 0 Å². The molecule has 0 aromatic heterocycles. The van der Waals surface area contributed by atoms with Crippen molar-refractivity contribution in [2.45, 2.75) is 39.2 Å². The Hall–Kier alpha value is -1.19. The Morgan fingerprint density at radius 1 is 1.33 bits per heavy atom. The van der Waals surface area contributed by atoms with Crippen LogP contribution in [0.1, 0.15) is 33.1 Å². The number of likely N-dealkylation sites (tertiary alicyclic amines) is 1. The van der Waals surface area contributed by atoms with Crippen LogP contribution in [-0.2, 0) is 24.3 Å². The lowest BCUT2D eigenvalue weighted by Gasteiger charge is -2.32. The average Bonchev–Trinajstić information content (AvgIpc) is 3.19. The molecule has 1 saturated heterocycles. The molecule has 0 aromatic rings. The monoisotopic (exact) mass is 362 g/mol. The predicted molar refractivity (Wildman–Crippen MR) is 86.9 cm³/mol. The molecule has 9 heteroatoms. The van der Waals surface area contributed by atoms with Gasteiger partial charge in [-0.2, -0.15) is 0 Å². The van der Waals surface area contributed by atoms with Crippen LogP contribution in [-0.4, -0.2) is 68.4 Å². The summed E-state index contributed by atoms with van der Waals surface area (Å²) in [7, 11) is -3.54. The molecular formula is C15H26N2O6S. The summed E-state index contributed by atoms with van der Waals surface area (Å²) in [6.45, 7) is 4.44. The van der Waals surface area contributed by atoms with Crippen LogP contribution >= 0.6 is 0 Å². The predicted octanol–water partition coefficient (Wildman–Crippen LogP) is 0.0441. The van der Waals surface area contributed by atoms with Gasteiger partial charge in [-0.05, 0) is 38.5 Å². The number of carboxylic acid groups (broad SMARTS) is 1. The van der Waals surface area contributed by atoms with Crippen molar-refractivity contribution in [1.82, 2.24) is 9.62 Å². The number of piperidine rings is 1. The number of carboxylic acids is 1. The maximum Gasteiger partial charge on any atom is 0.307 e. The number of hydrogen-bond donors (Lipinski definition) is 2. The van der Waals surface area contributed by atoms with Crippen LogP contribution in [0.15, 0.2) is 0 Å². The highest BCUT2D eigenvalue weighted by atomic mass is 32.2. The first kappa shape index (κ1) is 19.1. The number of rotatable bonds is 8. The third kappa shape index (κ3) is 4.90. The van der Waals surface area contributed by atoms with Gasteiger partial charge in [0.15, 0.2) is 0 Å². The molecule has 24 heavy (non-hydrogen) atoms. The van der Waals surface area contributed by atoms with Gasteiger partial charge in [-0.15, -0.1) is 0 Å². The normalized spacial score (nSPS) is 22.8. The number of sulfonamides is 1. The Morgan fingerprint density at radius 2 is 1.96 bits per heavy atom. The quantitative estimate of drug-likeness (QED) is 0.630. The minimum Gasteiger partial charge on any atom is -0.481 e. The third-order valence-corrected chi connectivity index (χ3v) is 6.13. The molecule has 1 aliphatic heterocycles. The van der Waals surface area contributed by atoms with E-state index in [-0.39, 0.29) is 42.2 Å². The van der Waals surface area contributed by atoms with Crippen LogP contribution in [0.5, 0.6) is 0 Å². The van der Waals surface area contributed by atoms with E-state index in [9.17, 15) is 18.0 Å². The molecule has 2 rings (SSSR count). The van der Waals surface area contributed by atoms with Gasteiger partial charge in [-0.25, -0.2) is 13.1 Å². The summed E-state index contributed by atoms with van der Waals surface area (Å²) in [6.07, 6.45) is 1.99. The van der Waals surface area contributed by atoms with Gasteiger partial charge < -0.3 is 14.7 Å². The standard InChI is InChI=1S/C15H26N2O6S/c1-11(2)23-7-8-24(21,22)16-10-13(18)17-5-3-15(4-6-17)9-12(15)14(19)20/h11-12,16H,3-10H2,1-2H3,(H,19,20). The van der Waals surface area contributed by atoms with Crippen LogP contribution in [0, 0.1) is 11.3 Å². The van der Waals surface area contributed by atoms with Crippen molar-refractivity contribution in [2.75, 3.05) is 32.0 Å². The third-order valence-electron chi connectivity index (χ3n) is 4.85. The summed E-state index contributed by atoms with van der Waals surface area (Å²) in [5.74, 6) is -1.49. The van der Waals surface area contributed by atoms with E-state index < -0.39 is 16.0 Å². The fourth-order valence-electron chi connectivity index (χ4n) is 3.20. The maximum atomic E-state index is 12.1. The molecule has 2 N–H and O–H groups in total. The summed E-state index contributed by atoms with van der Waals surface area (Å²) in [4.78, 5) is 24.8. The van der Waals surface area contributed by atoms with Gasteiger partial charge >= 0.3 is 5.97 Å². The highest BCUT2D eigenvalue weighted by Gasteiger charge is 2.59. The molecule has 1 saturated carbocycles. The molecule has 2 aliphatic rings. The summed E-state index contributed by atoms with van der Waals surface area (Å²) in [5, 5.41) is 9.06. The fraction of sp³-hybridized carbons (Fsp3) is 0.867. The molecular weight excluding hydrogens is 336 g/mol. The average molecular weight is 362 g/mol. The van der Waals surface area contributed by atoms with Crippen LogP contribution in [0.4, 0.5) is 0 Å².